The van der Waals surface area contributed by atoms with Crippen molar-refractivity contribution in [2.45, 2.75) is 26.2 Å². The quantitative estimate of drug-likeness (QED) is 0.586. The Bertz CT molecular complexity index is 1100. The summed E-state index contributed by atoms with van der Waals surface area (Å²) in [6.07, 6.45) is 2.19. The van der Waals surface area contributed by atoms with Crippen LogP contribution in [0.3, 0.4) is 0 Å². The molecule has 1 amide bonds. The molecule has 31 heavy (non-hydrogen) atoms. The Labute approximate surface area is 183 Å². The summed E-state index contributed by atoms with van der Waals surface area (Å²) in [6, 6.07) is 9.28. The molecule has 3 heterocycles. The van der Waals surface area contributed by atoms with Crippen molar-refractivity contribution in [3.05, 3.63) is 70.0 Å². The first-order valence-corrected chi connectivity index (χ1v) is 10.5. The van der Waals surface area contributed by atoms with Crippen LogP contribution in [0, 0.1) is 24.5 Å². The van der Waals surface area contributed by atoms with Crippen molar-refractivity contribution in [2.75, 3.05) is 18.4 Å². The number of likely N-dealkylation sites (tertiary alicyclic amines) is 1. The van der Waals surface area contributed by atoms with Crippen molar-refractivity contribution in [3.8, 4) is 0 Å². The third-order valence-corrected chi connectivity index (χ3v) is 5.73. The summed E-state index contributed by atoms with van der Waals surface area (Å²) in [4.78, 5) is 18.7. The van der Waals surface area contributed by atoms with Gasteiger partial charge in [-0.05, 0) is 56.4 Å². The lowest BCUT2D eigenvalue weighted by atomic mass is 9.91. The largest absolute Gasteiger partial charge is 0.339 e. The predicted molar refractivity (Wildman–Crippen MR) is 115 cm³/mol. The lowest BCUT2D eigenvalue weighted by Gasteiger charge is -2.32. The average Bonchev–Trinajstić information content (AvgIpc) is 3.17. The van der Waals surface area contributed by atoms with Crippen molar-refractivity contribution >= 4 is 29.1 Å². The van der Waals surface area contributed by atoms with Gasteiger partial charge < -0.3 is 10.2 Å². The molecule has 0 saturated carbocycles. The van der Waals surface area contributed by atoms with Crippen LogP contribution in [0.2, 0.25) is 5.02 Å². The number of halogens is 3. The Morgan fingerprint density at radius 3 is 2.74 bits per heavy atom. The summed E-state index contributed by atoms with van der Waals surface area (Å²) in [6.45, 7) is 2.90. The van der Waals surface area contributed by atoms with Crippen LogP contribution in [-0.2, 0) is 6.42 Å². The highest BCUT2D eigenvalue weighted by Crippen LogP contribution is 2.26. The molecule has 2 aromatic heterocycles. The molecular weight excluding hydrogens is 424 g/mol. The number of carbonyl (C=O) groups excluding carboxylic acids is 1. The summed E-state index contributed by atoms with van der Waals surface area (Å²) in [5, 5.41) is 9.67. The summed E-state index contributed by atoms with van der Waals surface area (Å²) in [5.41, 5.74) is 1.62. The maximum atomic E-state index is 14.2. The fraction of sp³-hybridized carbons (Fsp3) is 0.318. The topological polar surface area (TPSA) is 73.9 Å². The van der Waals surface area contributed by atoms with E-state index in [2.05, 4.69) is 20.5 Å². The summed E-state index contributed by atoms with van der Waals surface area (Å²) < 4.78 is 28.3. The lowest BCUT2D eigenvalue weighted by molar-refractivity contribution is 0.0685. The van der Waals surface area contributed by atoms with Crippen LogP contribution < -0.4 is 5.32 Å². The third-order valence-electron chi connectivity index (χ3n) is 5.44. The van der Waals surface area contributed by atoms with Crippen LogP contribution in [0.25, 0.3) is 0 Å². The van der Waals surface area contributed by atoms with Gasteiger partial charge in [0.25, 0.3) is 5.91 Å². The molecule has 0 atom stereocenters. The van der Waals surface area contributed by atoms with Gasteiger partial charge in [-0.1, -0.05) is 17.7 Å². The first kappa shape index (κ1) is 21.2. The molecule has 0 bridgehead atoms. The van der Waals surface area contributed by atoms with E-state index in [9.17, 15) is 13.6 Å². The number of aryl methyl sites for hydroxylation is 1. The fourth-order valence-corrected chi connectivity index (χ4v) is 3.94. The Hall–Kier alpha value is -3.00. The minimum atomic E-state index is -0.682. The highest BCUT2D eigenvalue weighted by Gasteiger charge is 2.26. The molecule has 4 rings (SSSR count). The Balaban J connectivity index is 1.37. The molecule has 2 N–H and O–H groups in total. The van der Waals surface area contributed by atoms with Crippen LogP contribution in [0.15, 0.2) is 36.4 Å². The number of amides is 1. The molecule has 1 saturated heterocycles. The van der Waals surface area contributed by atoms with E-state index in [1.165, 1.54) is 18.2 Å². The summed E-state index contributed by atoms with van der Waals surface area (Å²) >= 11 is 5.80. The fourth-order valence-electron chi connectivity index (χ4n) is 3.76. The first-order chi connectivity index (χ1) is 14.9. The van der Waals surface area contributed by atoms with Gasteiger partial charge in [0.2, 0.25) is 0 Å². The van der Waals surface area contributed by atoms with Gasteiger partial charge in [0, 0.05) is 30.5 Å². The van der Waals surface area contributed by atoms with Gasteiger partial charge in [-0.25, -0.2) is 13.8 Å². The minimum Gasteiger partial charge on any atom is -0.339 e. The molecule has 3 aromatic rings. The number of nitrogens with zero attached hydrogens (tertiary/aromatic N) is 3. The van der Waals surface area contributed by atoms with E-state index in [0.29, 0.717) is 31.2 Å². The molecular formula is C22H22ClF2N5O. The second kappa shape index (κ2) is 9.01. The Morgan fingerprint density at radius 2 is 2.03 bits per heavy atom. The molecule has 0 spiro atoms. The number of aromatic amines is 1. The maximum Gasteiger partial charge on any atom is 0.256 e. The van der Waals surface area contributed by atoms with Crippen LogP contribution in [0.5, 0.6) is 0 Å². The first-order valence-electron chi connectivity index (χ1n) is 10.1. The van der Waals surface area contributed by atoms with Crippen LogP contribution in [0.1, 0.15) is 34.6 Å². The molecule has 1 aliphatic heterocycles. The second-order valence-corrected chi connectivity index (χ2v) is 8.14. The molecule has 1 fully saturated rings. The van der Waals surface area contributed by atoms with Crippen LogP contribution in [0.4, 0.5) is 20.4 Å². The standard InChI is InChI=1S/C22H22ClF2N5O/c1-13-11-19(29-28-13)27-21-18(24)6-5-15(26-21)12-14-7-9-30(10-8-14)22(31)16-3-2-4-17(23)20(16)25/h2-6,11,14H,7-10,12H2,1H3,(H2,26,27,28,29). The zero-order chi connectivity index (χ0) is 22.0. The van der Waals surface area contributed by atoms with E-state index in [4.69, 9.17) is 11.6 Å². The normalized spacial score (nSPS) is 14.6. The van der Waals surface area contributed by atoms with Crippen molar-refractivity contribution in [3.63, 3.8) is 0 Å². The van der Waals surface area contributed by atoms with Crippen molar-refractivity contribution < 1.29 is 13.6 Å². The number of H-pyrrole nitrogens is 1. The molecule has 0 aliphatic carbocycles. The Morgan fingerprint density at radius 1 is 1.26 bits per heavy atom. The van der Waals surface area contributed by atoms with Gasteiger partial charge in [0.1, 0.15) is 0 Å². The SMILES string of the molecule is Cc1cc(Nc2nc(CC3CCN(C(=O)c4cccc(Cl)c4F)CC3)ccc2F)n[nH]1. The molecule has 162 valence electrons. The van der Waals surface area contributed by atoms with E-state index in [1.54, 1.807) is 23.1 Å². The van der Waals surface area contributed by atoms with E-state index in [1.807, 2.05) is 6.92 Å². The molecule has 1 aromatic carbocycles. The van der Waals surface area contributed by atoms with Crippen molar-refractivity contribution in [2.24, 2.45) is 5.92 Å². The van der Waals surface area contributed by atoms with Gasteiger partial charge in [0.05, 0.1) is 10.6 Å². The minimum absolute atomic E-state index is 0.00419. The number of aromatic nitrogens is 3. The number of benzene rings is 1. The molecule has 0 unspecified atom stereocenters. The number of hydrogen-bond acceptors (Lipinski definition) is 4. The molecule has 9 heteroatoms. The van der Waals surface area contributed by atoms with Crippen molar-refractivity contribution in [1.82, 2.24) is 20.1 Å². The molecule has 1 aliphatic rings. The van der Waals surface area contributed by atoms with Gasteiger partial charge in [-0.3, -0.25) is 9.89 Å². The monoisotopic (exact) mass is 445 g/mol. The van der Waals surface area contributed by atoms with Gasteiger partial charge in [-0.15, -0.1) is 0 Å². The lowest BCUT2D eigenvalue weighted by Crippen LogP contribution is -2.39. The average molecular weight is 446 g/mol. The van der Waals surface area contributed by atoms with Gasteiger partial charge in [0.15, 0.2) is 23.3 Å². The van der Waals surface area contributed by atoms with Crippen LogP contribution in [-0.4, -0.2) is 39.1 Å². The van der Waals surface area contributed by atoms with Crippen molar-refractivity contribution in [1.29, 1.82) is 0 Å². The number of nitrogens with one attached hydrogen (secondary N) is 2. The number of anilines is 2. The zero-order valence-electron chi connectivity index (χ0n) is 17.0. The number of piperidine rings is 1. The van der Waals surface area contributed by atoms with E-state index in [-0.39, 0.29) is 22.3 Å². The van der Waals surface area contributed by atoms with Crippen LogP contribution >= 0.6 is 11.6 Å². The smallest absolute Gasteiger partial charge is 0.256 e. The van der Waals surface area contributed by atoms with E-state index in [0.717, 1.165) is 24.2 Å². The zero-order valence-corrected chi connectivity index (χ0v) is 17.7. The number of hydrogen-bond donors (Lipinski definition) is 2. The second-order valence-electron chi connectivity index (χ2n) is 7.74. The molecule has 0 radical (unpaired) electrons. The number of rotatable bonds is 5. The third kappa shape index (κ3) is 4.85. The van der Waals surface area contributed by atoms with Gasteiger partial charge in [-0.2, -0.15) is 5.10 Å². The Kier molecular flexibility index (Phi) is 6.18. The highest BCUT2D eigenvalue weighted by molar-refractivity contribution is 6.31. The van der Waals surface area contributed by atoms with E-state index >= 15 is 0 Å². The maximum absolute atomic E-state index is 14.2. The van der Waals surface area contributed by atoms with Gasteiger partial charge >= 0.3 is 0 Å². The summed E-state index contributed by atoms with van der Waals surface area (Å²) in [5.74, 6) is -0.549. The molecule has 6 nitrogen and oxygen atoms in total. The van der Waals surface area contributed by atoms with E-state index < -0.39 is 11.6 Å². The number of pyridine rings is 1. The predicted octanol–water partition coefficient (Wildman–Crippen LogP) is 4.88. The number of carbonyl (C=O) groups is 1. The summed E-state index contributed by atoms with van der Waals surface area (Å²) in [7, 11) is 0. The highest BCUT2D eigenvalue weighted by atomic mass is 35.5.